The summed E-state index contributed by atoms with van der Waals surface area (Å²) >= 11 is 0. The van der Waals surface area contributed by atoms with Gasteiger partial charge in [-0.3, -0.25) is 0 Å². The molecular formula is C24H20F4. The van der Waals surface area contributed by atoms with Gasteiger partial charge in [0, 0.05) is 11.6 Å². The molecule has 0 amide bonds. The molecule has 0 fully saturated rings. The monoisotopic (exact) mass is 384 g/mol. The Hall–Kier alpha value is -2.88. The molecule has 0 atom stereocenters. The Morgan fingerprint density at radius 2 is 1.39 bits per heavy atom. The summed E-state index contributed by atoms with van der Waals surface area (Å²) in [7, 11) is 0. The molecule has 0 aliphatic heterocycles. The zero-order valence-corrected chi connectivity index (χ0v) is 15.4. The predicted molar refractivity (Wildman–Crippen MR) is 106 cm³/mol. The Balaban J connectivity index is 1.81. The van der Waals surface area contributed by atoms with Crippen LogP contribution in [-0.2, 0) is 6.42 Å². The molecule has 4 heteroatoms. The van der Waals surface area contributed by atoms with E-state index in [0.29, 0.717) is 16.7 Å². The Labute approximate surface area is 162 Å². The van der Waals surface area contributed by atoms with Crippen molar-refractivity contribution < 1.29 is 17.6 Å². The second-order valence-electron chi connectivity index (χ2n) is 6.64. The van der Waals surface area contributed by atoms with Crippen LogP contribution in [0, 0.1) is 5.82 Å². The fourth-order valence-electron chi connectivity index (χ4n) is 3.05. The van der Waals surface area contributed by atoms with Crippen LogP contribution in [0.1, 0.15) is 24.5 Å². The minimum atomic E-state index is -4.35. The standard InChI is InChI=1S/C24H20F4/c1-2-3-17-4-8-19(9-5-17)21-12-13-22(23(25)16-21)20-10-6-18(7-11-20)14-15-24(26,27)28/h4-16H,2-3H2,1H3. The first-order chi connectivity index (χ1) is 13.4. The van der Waals surface area contributed by atoms with Crippen molar-refractivity contribution in [1.29, 1.82) is 0 Å². The van der Waals surface area contributed by atoms with Crippen LogP contribution in [0.5, 0.6) is 0 Å². The average molecular weight is 384 g/mol. The number of allylic oxidation sites excluding steroid dienone is 1. The highest BCUT2D eigenvalue weighted by Crippen LogP contribution is 2.29. The van der Waals surface area contributed by atoms with Crippen molar-refractivity contribution >= 4 is 6.08 Å². The van der Waals surface area contributed by atoms with Crippen molar-refractivity contribution in [3.8, 4) is 22.3 Å². The first-order valence-corrected chi connectivity index (χ1v) is 9.11. The second-order valence-corrected chi connectivity index (χ2v) is 6.64. The smallest absolute Gasteiger partial charge is 0.206 e. The lowest BCUT2D eigenvalue weighted by molar-refractivity contribution is -0.0790. The zero-order chi connectivity index (χ0) is 20.1. The molecule has 0 heterocycles. The van der Waals surface area contributed by atoms with E-state index in [9.17, 15) is 17.6 Å². The molecule has 3 aromatic carbocycles. The summed E-state index contributed by atoms with van der Waals surface area (Å²) in [5.74, 6) is -0.367. The molecule has 144 valence electrons. The number of rotatable bonds is 5. The largest absolute Gasteiger partial charge is 0.409 e. The third-order valence-corrected chi connectivity index (χ3v) is 4.48. The summed E-state index contributed by atoms with van der Waals surface area (Å²) in [6.07, 6.45) is -1.08. The van der Waals surface area contributed by atoms with E-state index >= 15 is 0 Å². The first kappa shape index (κ1) is 19.9. The maximum Gasteiger partial charge on any atom is 0.409 e. The lowest BCUT2D eigenvalue weighted by Crippen LogP contribution is -2.00. The third kappa shape index (κ3) is 5.10. The van der Waals surface area contributed by atoms with E-state index < -0.39 is 6.18 Å². The van der Waals surface area contributed by atoms with Gasteiger partial charge in [-0.1, -0.05) is 80.1 Å². The Bertz CT molecular complexity index is 949. The van der Waals surface area contributed by atoms with Crippen LogP contribution in [0.4, 0.5) is 17.6 Å². The fourth-order valence-corrected chi connectivity index (χ4v) is 3.05. The van der Waals surface area contributed by atoms with E-state index in [2.05, 4.69) is 19.1 Å². The van der Waals surface area contributed by atoms with Crippen LogP contribution in [0.3, 0.4) is 0 Å². The van der Waals surface area contributed by atoms with Crippen molar-refractivity contribution in [1.82, 2.24) is 0 Å². The van der Waals surface area contributed by atoms with Gasteiger partial charge in [0.15, 0.2) is 0 Å². The number of benzene rings is 3. The van der Waals surface area contributed by atoms with Crippen LogP contribution >= 0.6 is 0 Å². The number of hydrogen-bond donors (Lipinski definition) is 0. The molecule has 0 N–H and O–H groups in total. The van der Waals surface area contributed by atoms with E-state index in [-0.39, 0.29) is 11.9 Å². The van der Waals surface area contributed by atoms with E-state index in [1.54, 1.807) is 18.2 Å². The molecule has 0 saturated carbocycles. The molecule has 0 nitrogen and oxygen atoms in total. The van der Waals surface area contributed by atoms with Crippen LogP contribution in [0.15, 0.2) is 72.8 Å². The van der Waals surface area contributed by atoms with E-state index in [4.69, 9.17) is 0 Å². The summed E-state index contributed by atoms with van der Waals surface area (Å²) < 4.78 is 51.4. The zero-order valence-electron chi connectivity index (χ0n) is 15.4. The number of halogens is 4. The predicted octanol–water partition coefficient (Wildman–Crippen LogP) is 7.69. The number of aryl methyl sites for hydroxylation is 1. The van der Waals surface area contributed by atoms with Gasteiger partial charge in [-0.05, 0) is 40.3 Å². The molecule has 0 aromatic heterocycles. The van der Waals surface area contributed by atoms with Gasteiger partial charge in [0.25, 0.3) is 0 Å². The molecular weight excluding hydrogens is 364 g/mol. The van der Waals surface area contributed by atoms with Crippen LogP contribution in [-0.4, -0.2) is 6.18 Å². The summed E-state index contributed by atoms with van der Waals surface area (Å²) in [6.45, 7) is 2.13. The molecule has 0 aliphatic carbocycles. The highest BCUT2D eigenvalue weighted by molar-refractivity contribution is 5.72. The summed E-state index contributed by atoms with van der Waals surface area (Å²) in [5, 5.41) is 0. The summed E-state index contributed by atoms with van der Waals surface area (Å²) in [6, 6.07) is 19.4. The van der Waals surface area contributed by atoms with Crippen LogP contribution < -0.4 is 0 Å². The SMILES string of the molecule is CCCc1ccc(-c2ccc(-c3ccc(C=CC(F)(F)F)cc3)c(F)c2)cc1. The van der Waals surface area contributed by atoms with E-state index in [0.717, 1.165) is 30.0 Å². The quantitative estimate of drug-likeness (QED) is 0.396. The number of hydrogen-bond acceptors (Lipinski definition) is 0. The van der Waals surface area contributed by atoms with Gasteiger partial charge in [0.2, 0.25) is 0 Å². The van der Waals surface area contributed by atoms with E-state index in [1.165, 1.54) is 23.8 Å². The van der Waals surface area contributed by atoms with Crippen molar-refractivity contribution in [2.24, 2.45) is 0 Å². The van der Waals surface area contributed by atoms with Crippen LogP contribution in [0.2, 0.25) is 0 Å². The maximum atomic E-state index is 14.7. The Morgan fingerprint density at radius 3 is 1.96 bits per heavy atom. The molecule has 0 bridgehead atoms. The normalized spacial score (nSPS) is 11.9. The highest BCUT2D eigenvalue weighted by atomic mass is 19.4. The number of alkyl halides is 3. The highest BCUT2D eigenvalue weighted by Gasteiger charge is 2.21. The molecule has 0 radical (unpaired) electrons. The van der Waals surface area contributed by atoms with Crippen molar-refractivity contribution in [3.63, 3.8) is 0 Å². The molecule has 0 saturated heterocycles. The van der Waals surface area contributed by atoms with E-state index in [1.807, 2.05) is 18.2 Å². The Kier molecular flexibility index (Phi) is 5.98. The van der Waals surface area contributed by atoms with Crippen molar-refractivity contribution in [2.75, 3.05) is 0 Å². The van der Waals surface area contributed by atoms with Gasteiger partial charge in [-0.25, -0.2) is 4.39 Å². The van der Waals surface area contributed by atoms with Crippen LogP contribution in [0.25, 0.3) is 28.3 Å². The average Bonchev–Trinajstić information content (AvgIpc) is 2.67. The fraction of sp³-hybridized carbons (Fsp3) is 0.167. The molecule has 0 aliphatic rings. The Morgan fingerprint density at radius 1 is 0.786 bits per heavy atom. The summed E-state index contributed by atoms with van der Waals surface area (Å²) in [5.41, 5.74) is 4.42. The molecule has 3 rings (SSSR count). The molecule has 0 spiro atoms. The topological polar surface area (TPSA) is 0 Å². The minimum Gasteiger partial charge on any atom is -0.206 e. The first-order valence-electron chi connectivity index (χ1n) is 9.11. The third-order valence-electron chi connectivity index (χ3n) is 4.48. The van der Waals surface area contributed by atoms with Gasteiger partial charge >= 0.3 is 6.18 Å². The minimum absolute atomic E-state index is 0.184. The maximum absolute atomic E-state index is 14.7. The van der Waals surface area contributed by atoms with Gasteiger partial charge < -0.3 is 0 Å². The van der Waals surface area contributed by atoms with Crippen molar-refractivity contribution in [2.45, 2.75) is 25.9 Å². The lowest BCUT2D eigenvalue weighted by atomic mass is 9.98. The van der Waals surface area contributed by atoms with Crippen molar-refractivity contribution in [3.05, 3.63) is 89.8 Å². The molecule has 3 aromatic rings. The molecule has 28 heavy (non-hydrogen) atoms. The summed E-state index contributed by atoms with van der Waals surface area (Å²) in [4.78, 5) is 0. The lowest BCUT2D eigenvalue weighted by Gasteiger charge is -2.08. The van der Waals surface area contributed by atoms with Gasteiger partial charge in [0.05, 0.1) is 0 Å². The van der Waals surface area contributed by atoms with Gasteiger partial charge in [-0.15, -0.1) is 0 Å². The van der Waals surface area contributed by atoms with Gasteiger partial charge in [0.1, 0.15) is 5.82 Å². The van der Waals surface area contributed by atoms with Gasteiger partial charge in [-0.2, -0.15) is 13.2 Å². The molecule has 0 unspecified atom stereocenters. The second kappa shape index (κ2) is 8.42.